The monoisotopic (exact) mass is 428 g/mol. The number of thiophene rings is 1. The Kier molecular flexibility index (Phi) is 4.82. The van der Waals surface area contributed by atoms with Gasteiger partial charge < -0.3 is 15.6 Å². The number of fused-ring (bicyclic) bond motifs is 1. The van der Waals surface area contributed by atoms with Crippen molar-refractivity contribution < 1.29 is 18.0 Å². The third-order valence-electron chi connectivity index (χ3n) is 4.34. The second-order valence-electron chi connectivity index (χ2n) is 6.36. The zero-order valence-corrected chi connectivity index (χ0v) is 16.6. The number of anilines is 1. The van der Waals surface area contributed by atoms with Crippen LogP contribution in [0.1, 0.15) is 26.5 Å². The lowest BCUT2D eigenvalue weighted by atomic mass is 10.1. The van der Waals surface area contributed by atoms with Gasteiger partial charge in [0.25, 0.3) is 11.8 Å². The molecule has 1 aliphatic heterocycles. The molecule has 2 amide bonds. The van der Waals surface area contributed by atoms with Crippen LogP contribution in [0, 0.1) is 0 Å². The molecule has 2 aromatic heterocycles. The van der Waals surface area contributed by atoms with Crippen LogP contribution >= 0.6 is 11.3 Å². The molecule has 1 aromatic carbocycles. The molecule has 4 rings (SSSR count). The molecule has 8 nitrogen and oxygen atoms in total. The molecule has 0 saturated carbocycles. The van der Waals surface area contributed by atoms with E-state index in [2.05, 4.69) is 15.6 Å². The standard InChI is InChI=1S/C19H16N4O4S2/c20-29(26,27)13-5-3-11(4-6-13)10-22-18(25)16-9-15-14(8-12-2-1-7-21-12)17(24)23-19(15)28-16/h1-9,21H,10H2,(H,22,25)(H,23,24)(H2,20,26,27)/b14-8-. The SMILES string of the molecule is NS(=O)(=O)c1ccc(CNC(=O)c2cc3c(s2)NC(=O)/C3=C\c2ccc[nH]2)cc1. The fourth-order valence-corrected chi connectivity index (χ4v) is 4.39. The van der Waals surface area contributed by atoms with Crippen LogP contribution in [0.3, 0.4) is 0 Å². The lowest BCUT2D eigenvalue weighted by Crippen LogP contribution is -2.22. The summed E-state index contributed by atoms with van der Waals surface area (Å²) in [5.41, 5.74) is 2.72. The first-order valence-electron chi connectivity index (χ1n) is 8.52. The number of primary sulfonamides is 1. The highest BCUT2D eigenvalue weighted by Crippen LogP contribution is 2.39. The highest BCUT2D eigenvalue weighted by atomic mass is 32.2. The number of nitrogens with two attached hydrogens (primary N) is 1. The fourth-order valence-electron chi connectivity index (χ4n) is 2.89. The quantitative estimate of drug-likeness (QED) is 0.463. The minimum atomic E-state index is -3.75. The molecule has 0 fully saturated rings. The van der Waals surface area contributed by atoms with Crippen LogP contribution in [0.2, 0.25) is 0 Å². The molecule has 29 heavy (non-hydrogen) atoms. The highest BCUT2D eigenvalue weighted by molar-refractivity contribution is 7.89. The van der Waals surface area contributed by atoms with Gasteiger partial charge in [-0.15, -0.1) is 11.3 Å². The van der Waals surface area contributed by atoms with E-state index < -0.39 is 10.0 Å². The van der Waals surface area contributed by atoms with Gasteiger partial charge in [-0.2, -0.15) is 0 Å². The van der Waals surface area contributed by atoms with E-state index in [1.165, 1.54) is 23.5 Å². The molecule has 1 aliphatic rings. The third-order valence-corrected chi connectivity index (χ3v) is 6.32. The van der Waals surface area contributed by atoms with Crippen LogP contribution in [0.4, 0.5) is 5.00 Å². The number of benzene rings is 1. The van der Waals surface area contributed by atoms with Gasteiger partial charge in [-0.25, -0.2) is 13.6 Å². The van der Waals surface area contributed by atoms with Crippen molar-refractivity contribution in [1.29, 1.82) is 0 Å². The minimum Gasteiger partial charge on any atom is -0.362 e. The van der Waals surface area contributed by atoms with Crippen LogP contribution in [-0.2, 0) is 21.4 Å². The summed E-state index contributed by atoms with van der Waals surface area (Å²) in [7, 11) is -3.75. The number of sulfonamides is 1. The van der Waals surface area contributed by atoms with E-state index in [-0.39, 0.29) is 23.3 Å². The fraction of sp³-hybridized carbons (Fsp3) is 0.0526. The molecule has 0 atom stereocenters. The number of hydrogen-bond donors (Lipinski definition) is 4. The molecule has 0 radical (unpaired) electrons. The van der Waals surface area contributed by atoms with Crippen LogP contribution in [0.5, 0.6) is 0 Å². The smallest absolute Gasteiger partial charge is 0.261 e. The molecule has 0 aliphatic carbocycles. The number of hydrogen-bond acceptors (Lipinski definition) is 5. The van der Waals surface area contributed by atoms with E-state index in [9.17, 15) is 18.0 Å². The highest BCUT2D eigenvalue weighted by Gasteiger charge is 2.28. The van der Waals surface area contributed by atoms with Gasteiger partial charge in [-0.1, -0.05) is 12.1 Å². The van der Waals surface area contributed by atoms with E-state index in [0.717, 1.165) is 11.3 Å². The van der Waals surface area contributed by atoms with Crippen LogP contribution in [-0.4, -0.2) is 25.2 Å². The van der Waals surface area contributed by atoms with E-state index in [4.69, 9.17) is 5.14 Å². The molecule has 5 N–H and O–H groups in total. The molecule has 0 saturated heterocycles. The molecule has 10 heteroatoms. The number of rotatable bonds is 5. The number of aromatic amines is 1. The molecule has 0 spiro atoms. The van der Waals surface area contributed by atoms with E-state index >= 15 is 0 Å². The summed E-state index contributed by atoms with van der Waals surface area (Å²) in [6, 6.07) is 11.3. The summed E-state index contributed by atoms with van der Waals surface area (Å²) in [6.45, 7) is 0.226. The summed E-state index contributed by atoms with van der Waals surface area (Å²) in [6.07, 6.45) is 3.50. The minimum absolute atomic E-state index is 0.0133. The third kappa shape index (κ3) is 3.99. The van der Waals surface area contributed by atoms with E-state index in [1.807, 2.05) is 12.1 Å². The number of amides is 2. The van der Waals surface area contributed by atoms with Crippen molar-refractivity contribution in [2.45, 2.75) is 11.4 Å². The summed E-state index contributed by atoms with van der Waals surface area (Å²) in [5, 5.41) is 11.3. The van der Waals surface area contributed by atoms with E-state index in [0.29, 0.717) is 21.0 Å². The van der Waals surface area contributed by atoms with Gasteiger partial charge in [0, 0.05) is 24.0 Å². The largest absolute Gasteiger partial charge is 0.362 e. The Morgan fingerprint density at radius 1 is 1.21 bits per heavy atom. The van der Waals surface area contributed by atoms with E-state index in [1.54, 1.807) is 30.5 Å². The van der Waals surface area contributed by atoms with Crippen LogP contribution in [0.15, 0.2) is 53.6 Å². The summed E-state index contributed by atoms with van der Waals surface area (Å²) < 4.78 is 22.6. The van der Waals surface area contributed by atoms with Gasteiger partial charge in [-0.3, -0.25) is 9.59 Å². The second kappa shape index (κ2) is 7.32. The molecule has 0 bridgehead atoms. The Hall–Kier alpha value is -3.21. The Balaban J connectivity index is 1.47. The number of nitrogens with one attached hydrogen (secondary N) is 3. The second-order valence-corrected chi connectivity index (χ2v) is 8.98. The maximum atomic E-state index is 12.5. The number of aromatic nitrogens is 1. The summed E-state index contributed by atoms with van der Waals surface area (Å²) in [4.78, 5) is 28.2. The Labute approximate surface area is 170 Å². The normalized spacial score (nSPS) is 14.7. The molecular formula is C19H16N4O4S2. The average molecular weight is 428 g/mol. The number of carbonyl (C=O) groups excluding carboxylic acids is 2. The number of H-pyrrole nitrogens is 1. The molecular weight excluding hydrogens is 412 g/mol. The molecule has 0 unspecified atom stereocenters. The number of carbonyl (C=O) groups is 2. The average Bonchev–Trinajstić information content (AvgIpc) is 3.38. The summed E-state index contributed by atoms with van der Waals surface area (Å²) >= 11 is 1.20. The zero-order chi connectivity index (χ0) is 20.6. The van der Waals surface area contributed by atoms with Crippen LogP contribution in [0.25, 0.3) is 11.6 Å². The van der Waals surface area contributed by atoms with Gasteiger partial charge in [0.1, 0.15) is 5.00 Å². The van der Waals surface area contributed by atoms with Crippen molar-refractivity contribution in [2.24, 2.45) is 5.14 Å². The van der Waals surface area contributed by atoms with Gasteiger partial charge >= 0.3 is 0 Å². The van der Waals surface area contributed by atoms with Gasteiger partial charge in [0.2, 0.25) is 10.0 Å². The lowest BCUT2D eigenvalue weighted by Gasteiger charge is -2.05. The van der Waals surface area contributed by atoms with Crippen LogP contribution < -0.4 is 15.8 Å². The van der Waals surface area contributed by atoms with Gasteiger partial charge in [0.15, 0.2) is 0 Å². The molecule has 3 aromatic rings. The maximum absolute atomic E-state index is 12.5. The Bertz CT molecular complexity index is 1220. The van der Waals surface area contributed by atoms with Crippen molar-refractivity contribution in [3.05, 3.63) is 70.4 Å². The Morgan fingerprint density at radius 2 is 1.97 bits per heavy atom. The first-order chi connectivity index (χ1) is 13.8. The predicted molar refractivity (Wildman–Crippen MR) is 111 cm³/mol. The van der Waals surface area contributed by atoms with Gasteiger partial charge in [-0.05, 0) is 42.0 Å². The lowest BCUT2D eigenvalue weighted by molar-refractivity contribution is -0.110. The van der Waals surface area contributed by atoms with Crippen molar-refractivity contribution in [1.82, 2.24) is 10.3 Å². The zero-order valence-electron chi connectivity index (χ0n) is 14.9. The molecule has 3 heterocycles. The van der Waals surface area contributed by atoms with Gasteiger partial charge in [0.05, 0.1) is 15.3 Å². The van der Waals surface area contributed by atoms with Crippen molar-refractivity contribution in [3.8, 4) is 0 Å². The summed E-state index contributed by atoms with van der Waals surface area (Å²) in [5.74, 6) is -0.490. The van der Waals surface area contributed by atoms with Crippen molar-refractivity contribution in [3.63, 3.8) is 0 Å². The first-order valence-corrected chi connectivity index (χ1v) is 10.9. The maximum Gasteiger partial charge on any atom is 0.261 e. The van der Waals surface area contributed by atoms with Crippen molar-refractivity contribution in [2.75, 3.05) is 5.32 Å². The first kappa shape index (κ1) is 19.1. The van der Waals surface area contributed by atoms with Crippen molar-refractivity contribution >= 4 is 49.8 Å². The Morgan fingerprint density at radius 3 is 2.62 bits per heavy atom. The predicted octanol–water partition coefficient (Wildman–Crippen LogP) is 2.15. The topological polar surface area (TPSA) is 134 Å². The molecule has 148 valence electrons.